The zero-order valence-corrected chi connectivity index (χ0v) is 13.4. The fourth-order valence-electron chi connectivity index (χ4n) is 2.02. The summed E-state index contributed by atoms with van der Waals surface area (Å²) in [4.78, 5) is 15.6. The maximum Gasteiger partial charge on any atom is 0.310 e. The van der Waals surface area contributed by atoms with Gasteiger partial charge in [0, 0.05) is 30.4 Å². The summed E-state index contributed by atoms with van der Waals surface area (Å²) < 4.78 is 4.68. The Hall–Kier alpha value is -2.01. The molecule has 0 aliphatic carbocycles. The predicted molar refractivity (Wildman–Crippen MR) is 88.1 cm³/mol. The number of benzene rings is 1. The summed E-state index contributed by atoms with van der Waals surface area (Å²) in [6.07, 6.45) is 0.343. The summed E-state index contributed by atoms with van der Waals surface area (Å²) in [6, 6.07) is 12.2. The van der Waals surface area contributed by atoms with Gasteiger partial charge in [-0.25, -0.2) is 0 Å². The van der Waals surface area contributed by atoms with E-state index in [1.54, 1.807) is 11.3 Å². The molecule has 0 spiro atoms. The number of rotatable bonds is 6. The third-order valence-electron chi connectivity index (χ3n) is 3.10. The van der Waals surface area contributed by atoms with Crippen molar-refractivity contribution in [3.05, 3.63) is 46.2 Å². The van der Waals surface area contributed by atoms with Crippen LogP contribution in [0.5, 0.6) is 0 Å². The van der Waals surface area contributed by atoms with Gasteiger partial charge >= 0.3 is 5.97 Å². The summed E-state index contributed by atoms with van der Waals surface area (Å²) in [5.74, 6) is -0.200. The van der Waals surface area contributed by atoms with Crippen LogP contribution in [0.3, 0.4) is 0 Å². The molecule has 0 aliphatic rings. The summed E-state index contributed by atoms with van der Waals surface area (Å²) >= 11 is 1.63. The zero-order valence-electron chi connectivity index (χ0n) is 12.6. The van der Waals surface area contributed by atoms with Crippen molar-refractivity contribution in [3.8, 4) is 0 Å². The molecule has 5 heteroatoms. The molecule has 2 aromatic rings. The Morgan fingerprint density at radius 2 is 1.90 bits per heavy atom. The van der Waals surface area contributed by atoms with Crippen molar-refractivity contribution in [3.63, 3.8) is 0 Å². The van der Waals surface area contributed by atoms with E-state index in [4.69, 9.17) is 0 Å². The number of ether oxygens (including phenoxy) is 1. The third kappa shape index (κ3) is 4.23. The number of hydrogen-bond donors (Lipinski definition) is 1. The number of anilines is 2. The standard InChI is InChI=1S/C16H20N2O2S/c1-18(2)15-7-5-4-6-14(15)17-11-13-9-8-12(21-13)10-16(19)20-3/h4-9,17H,10-11H2,1-3H3. The summed E-state index contributed by atoms with van der Waals surface area (Å²) in [5, 5.41) is 3.44. The summed E-state index contributed by atoms with van der Waals surface area (Å²) in [6.45, 7) is 0.747. The van der Waals surface area contributed by atoms with Crippen molar-refractivity contribution in [1.29, 1.82) is 0 Å². The minimum Gasteiger partial charge on any atom is -0.469 e. The number of esters is 1. The molecule has 0 fully saturated rings. The molecule has 0 bridgehead atoms. The van der Waals surface area contributed by atoms with E-state index >= 15 is 0 Å². The van der Waals surface area contributed by atoms with Gasteiger partial charge in [0.1, 0.15) is 0 Å². The van der Waals surface area contributed by atoms with Crippen LogP contribution in [0.25, 0.3) is 0 Å². The molecule has 1 heterocycles. The van der Waals surface area contributed by atoms with E-state index in [1.165, 1.54) is 12.0 Å². The Balaban J connectivity index is 1.99. The maximum atomic E-state index is 11.3. The molecule has 1 aromatic heterocycles. The lowest BCUT2D eigenvalue weighted by Gasteiger charge is -2.18. The summed E-state index contributed by atoms with van der Waals surface area (Å²) in [7, 11) is 5.47. The van der Waals surface area contributed by atoms with Crippen LogP contribution < -0.4 is 10.2 Å². The smallest absolute Gasteiger partial charge is 0.310 e. The molecule has 0 saturated heterocycles. The first kappa shape index (κ1) is 15.4. The molecule has 0 radical (unpaired) electrons. The predicted octanol–water partition coefficient (Wildman–Crippen LogP) is 3.14. The highest BCUT2D eigenvalue weighted by molar-refractivity contribution is 7.12. The average Bonchev–Trinajstić information content (AvgIpc) is 2.92. The van der Waals surface area contributed by atoms with Crippen molar-refractivity contribution in [2.75, 3.05) is 31.4 Å². The zero-order chi connectivity index (χ0) is 15.2. The summed E-state index contributed by atoms with van der Waals surface area (Å²) in [5.41, 5.74) is 2.26. The van der Waals surface area contributed by atoms with Gasteiger partial charge in [0.2, 0.25) is 0 Å². The number of carbonyl (C=O) groups is 1. The minimum atomic E-state index is -0.200. The van der Waals surface area contributed by atoms with E-state index in [9.17, 15) is 4.79 Å². The molecule has 4 nitrogen and oxygen atoms in total. The van der Waals surface area contributed by atoms with Crippen molar-refractivity contribution in [1.82, 2.24) is 0 Å². The Morgan fingerprint density at radius 1 is 1.19 bits per heavy atom. The molecule has 0 amide bonds. The van der Waals surface area contributed by atoms with Gasteiger partial charge in [0.25, 0.3) is 0 Å². The average molecular weight is 304 g/mol. The van der Waals surface area contributed by atoms with E-state index < -0.39 is 0 Å². The fourth-order valence-corrected chi connectivity index (χ4v) is 2.97. The molecule has 0 unspecified atom stereocenters. The first-order valence-electron chi connectivity index (χ1n) is 6.75. The number of nitrogens with one attached hydrogen (secondary N) is 1. The molecular weight excluding hydrogens is 284 g/mol. The van der Waals surface area contributed by atoms with Crippen LogP contribution in [-0.4, -0.2) is 27.2 Å². The molecule has 21 heavy (non-hydrogen) atoms. The topological polar surface area (TPSA) is 41.6 Å². The van der Waals surface area contributed by atoms with E-state index in [-0.39, 0.29) is 5.97 Å². The van der Waals surface area contributed by atoms with Crippen LogP contribution in [0.2, 0.25) is 0 Å². The van der Waals surface area contributed by atoms with Crippen LogP contribution in [-0.2, 0) is 22.5 Å². The van der Waals surface area contributed by atoms with Gasteiger partial charge in [0.05, 0.1) is 24.9 Å². The van der Waals surface area contributed by atoms with Crippen molar-refractivity contribution < 1.29 is 9.53 Å². The Kier molecular flexibility index (Phi) is 5.22. The highest BCUT2D eigenvalue weighted by Gasteiger charge is 2.07. The Bertz CT molecular complexity index is 608. The van der Waals surface area contributed by atoms with E-state index in [1.807, 2.05) is 38.4 Å². The monoisotopic (exact) mass is 304 g/mol. The van der Waals surface area contributed by atoms with E-state index in [0.29, 0.717) is 6.42 Å². The number of methoxy groups -OCH3 is 1. The van der Waals surface area contributed by atoms with Gasteiger partial charge in [-0.05, 0) is 24.3 Å². The van der Waals surface area contributed by atoms with Crippen LogP contribution >= 0.6 is 11.3 Å². The molecule has 1 N–H and O–H groups in total. The second-order valence-corrected chi connectivity index (χ2v) is 6.14. The second-order valence-electron chi connectivity index (χ2n) is 4.89. The quantitative estimate of drug-likeness (QED) is 0.833. The van der Waals surface area contributed by atoms with Gasteiger partial charge in [-0.2, -0.15) is 0 Å². The number of thiophene rings is 1. The van der Waals surface area contributed by atoms with E-state index in [0.717, 1.165) is 22.8 Å². The lowest BCUT2D eigenvalue weighted by Crippen LogP contribution is -2.11. The molecule has 0 atom stereocenters. The largest absolute Gasteiger partial charge is 0.469 e. The number of para-hydroxylation sites is 2. The Labute approximate surface area is 129 Å². The molecule has 112 valence electrons. The maximum absolute atomic E-state index is 11.3. The fraction of sp³-hybridized carbons (Fsp3) is 0.312. The van der Waals surface area contributed by atoms with Crippen LogP contribution in [0.4, 0.5) is 11.4 Å². The Morgan fingerprint density at radius 3 is 2.62 bits per heavy atom. The highest BCUT2D eigenvalue weighted by atomic mass is 32.1. The van der Waals surface area contributed by atoms with Gasteiger partial charge in [-0.15, -0.1) is 11.3 Å². The van der Waals surface area contributed by atoms with Gasteiger partial charge in [-0.3, -0.25) is 4.79 Å². The van der Waals surface area contributed by atoms with Gasteiger partial charge in [-0.1, -0.05) is 12.1 Å². The molecule has 0 saturated carbocycles. The number of nitrogens with zero attached hydrogens (tertiary/aromatic N) is 1. The SMILES string of the molecule is COC(=O)Cc1ccc(CNc2ccccc2N(C)C)s1. The second kappa shape index (κ2) is 7.13. The molecule has 2 rings (SSSR count). The van der Waals surface area contributed by atoms with Gasteiger partial charge < -0.3 is 15.0 Å². The third-order valence-corrected chi connectivity index (χ3v) is 4.19. The highest BCUT2D eigenvalue weighted by Crippen LogP contribution is 2.25. The first-order valence-corrected chi connectivity index (χ1v) is 7.56. The first-order chi connectivity index (χ1) is 10.1. The van der Waals surface area contributed by atoms with Crippen molar-refractivity contribution >= 4 is 28.7 Å². The molecule has 1 aromatic carbocycles. The lowest BCUT2D eigenvalue weighted by atomic mass is 10.2. The van der Waals surface area contributed by atoms with Crippen LogP contribution in [0.15, 0.2) is 36.4 Å². The molecular formula is C16H20N2O2S. The normalized spacial score (nSPS) is 10.2. The van der Waals surface area contributed by atoms with Crippen LogP contribution in [0.1, 0.15) is 9.75 Å². The lowest BCUT2D eigenvalue weighted by molar-refractivity contribution is -0.139. The van der Waals surface area contributed by atoms with Crippen molar-refractivity contribution in [2.45, 2.75) is 13.0 Å². The minimum absolute atomic E-state index is 0.200. The number of carbonyl (C=O) groups excluding carboxylic acids is 1. The number of hydrogen-bond acceptors (Lipinski definition) is 5. The van der Waals surface area contributed by atoms with Crippen LogP contribution in [0, 0.1) is 0 Å². The molecule has 0 aliphatic heterocycles. The van der Waals surface area contributed by atoms with Gasteiger partial charge in [0.15, 0.2) is 0 Å². The van der Waals surface area contributed by atoms with E-state index in [2.05, 4.69) is 27.1 Å². The van der Waals surface area contributed by atoms with Crippen molar-refractivity contribution in [2.24, 2.45) is 0 Å².